The monoisotopic (exact) mass is 314 g/mol. The van der Waals surface area contributed by atoms with E-state index in [0.29, 0.717) is 6.54 Å². The Labute approximate surface area is 126 Å². The van der Waals surface area contributed by atoms with Crippen LogP contribution in [-0.4, -0.2) is 37.0 Å². The number of carbonyl (C=O) groups is 1. The molecule has 0 saturated carbocycles. The smallest absolute Gasteiger partial charge is 0.370 e. The lowest BCUT2D eigenvalue weighted by atomic mass is 10.0. The second kappa shape index (κ2) is 6.93. The number of ether oxygens (including phenoxy) is 1. The van der Waals surface area contributed by atoms with Gasteiger partial charge in [-0.2, -0.15) is 13.2 Å². The molecular formula is C15H17F3N2O2. The van der Waals surface area contributed by atoms with Crippen molar-refractivity contribution in [2.24, 2.45) is 5.73 Å². The largest absolute Gasteiger partial charge is 0.416 e. The number of alkyl halides is 3. The molecule has 4 nitrogen and oxygen atoms in total. The maximum Gasteiger partial charge on any atom is 0.416 e. The SMILES string of the molecule is NC/C=C/C(=O)N1CCOC(c2ccccc2C(F)(F)F)C1. The Morgan fingerprint density at radius 2 is 2.14 bits per heavy atom. The quantitative estimate of drug-likeness (QED) is 0.870. The first kappa shape index (κ1) is 16.5. The highest BCUT2D eigenvalue weighted by Gasteiger charge is 2.36. The summed E-state index contributed by atoms with van der Waals surface area (Å²) in [5.41, 5.74) is 4.61. The molecule has 2 rings (SSSR count). The number of rotatable bonds is 3. The van der Waals surface area contributed by atoms with E-state index < -0.39 is 17.8 Å². The van der Waals surface area contributed by atoms with E-state index in [9.17, 15) is 18.0 Å². The van der Waals surface area contributed by atoms with Crippen LogP contribution in [0.15, 0.2) is 36.4 Å². The summed E-state index contributed by atoms with van der Waals surface area (Å²) in [5, 5.41) is 0. The molecule has 7 heteroatoms. The minimum absolute atomic E-state index is 0.0512. The summed E-state index contributed by atoms with van der Waals surface area (Å²) in [7, 11) is 0. The van der Waals surface area contributed by atoms with E-state index in [2.05, 4.69) is 0 Å². The van der Waals surface area contributed by atoms with Crippen LogP contribution < -0.4 is 5.73 Å². The average Bonchev–Trinajstić information content (AvgIpc) is 2.52. The van der Waals surface area contributed by atoms with Gasteiger partial charge < -0.3 is 15.4 Å². The third-order valence-electron chi connectivity index (χ3n) is 3.39. The molecule has 1 aromatic carbocycles. The maximum absolute atomic E-state index is 13.1. The van der Waals surface area contributed by atoms with Crippen LogP contribution in [0.3, 0.4) is 0 Å². The van der Waals surface area contributed by atoms with E-state index in [4.69, 9.17) is 10.5 Å². The van der Waals surface area contributed by atoms with Crippen molar-refractivity contribution in [3.63, 3.8) is 0 Å². The number of morpholine rings is 1. The van der Waals surface area contributed by atoms with Crippen LogP contribution in [0.4, 0.5) is 13.2 Å². The third-order valence-corrected chi connectivity index (χ3v) is 3.39. The maximum atomic E-state index is 13.1. The van der Waals surface area contributed by atoms with Crippen molar-refractivity contribution in [2.45, 2.75) is 12.3 Å². The van der Waals surface area contributed by atoms with Gasteiger partial charge >= 0.3 is 6.18 Å². The lowest BCUT2D eigenvalue weighted by Crippen LogP contribution is -2.42. The van der Waals surface area contributed by atoms with Crippen LogP contribution in [0.5, 0.6) is 0 Å². The first-order valence-corrected chi connectivity index (χ1v) is 6.86. The molecule has 2 N–H and O–H groups in total. The Hall–Kier alpha value is -1.86. The molecule has 0 aliphatic carbocycles. The number of amides is 1. The Balaban J connectivity index is 2.20. The van der Waals surface area contributed by atoms with E-state index in [0.717, 1.165) is 6.07 Å². The van der Waals surface area contributed by atoms with Crippen molar-refractivity contribution in [1.82, 2.24) is 4.90 Å². The molecule has 0 aromatic heterocycles. The van der Waals surface area contributed by atoms with E-state index >= 15 is 0 Å². The minimum Gasteiger partial charge on any atom is -0.370 e. The highest BCUT2D eigenvalue weighted by atomic mass is 19.4. The van der Waals surface area contributed by atoms with Crippen LogP contribution in [0.1, 0.15) is 17.2 Å². The highest BCUT2D eigenvalue weighted by Crippen LogP contribution is 2.36. The topological polar surface area (TPSA) is 55.6 Å². The van der Waals surface area contributed by atoms with E-state index in [1.807, 2.05) is 0 Å². The Morgan fingerprint density at radius 3 is 2.82 bits per heavy atom. The zero-order valence-corrected chi connectivity index (χ0v) is 11.8. The Morgan fingerprint density at radius 1 is 1.41 bits per heavy atom. The molecule has 1 unspecified atom stereocenters. The van der Waals surface area contributed by atoms with Crippen LogP contribution in [0, 0.1) is 0 Å². The summed E-state index contributed by atoms with van der Waals surface area (Å²) < 4.78 is 44.6. The zero-order valence-electron chi connectivity index (χ0n) is 11.8. The van der Waals surface area contributed by atoms with Crippen molar-refractivity contribution >= 4 is 5.91 Å². The van der Waals surface area contributed by atoms with Crippen LogP contribution in [0.2, 0.25) is 0 Å². The average molecular weight is 314 g/mol. The number of hydrogen-bond acceptors (Lipinski definition) is 3. The fraction of sp³-hybridized carbons (Fsp3) is 0.400. The number of benzene rings is 1. The normalized spacial score (nSPS) is 19.6. The molecule has 1 aromatic rings. The van der Waals surface area contributed by atoms with E-state index in [1.165, 1.54) is 35.3 Å². The van der Waals surface area contributed by atoms with Gasteiger partial charge in [-0.15, -0.1) is 0 Å². The molecule has 1 atom stereocenters. The first-order valence-electron chi connectivity index (χ1n) is 6.86. The molecule has 1 amide bonds. The van der Waals surface area contributed by atoms with E-state index in [1.54, 1.807) is 0 Å². The molecule has 1 aliphatic rings. The van der Waals surface area contributed by atoms with Crippen molar-refractivity contribution in [1.29, 1.82) is 0 Å². The van der Waals surface area contributed by atoms with E-state index in [-0.39, 0.29) is 31.2 Å². The van der Waals surface area contributed by atoms with Gasteiger partial charge in [-0.05, 0) is 11.6 Å². The summed E-state index contributed by atoms with van der Waals surface area (Å²) in [6, 6.07) is 5.27. The fourth-order valence-corrected chi connectivity index (χ4v) is 2.35. The van der Waals surface area contributed by atoms with Crippen LogP contribution in [-0.2, 0) is 15.7 Å². The van der Waals surface area contributed by atoms with Gasteiger partial charge in [-0.1, -0.05) is 24.3 Å². The highest BCUT2D eigenvalue weighted by molar-refractivity contribution is 5.87. The van der Waals surface area contributed by atoms with Gasteiger partial charge in [-0.25, -0.2) is 0 Å². The molecule has 1 aliphatic heterocycles. The molecular weight excluding hydrogens is 297 g/mol. The van der Waals surface area contributed by atoms with Crippen LogP contribution in [0.25, 0.3) is 0 Å². The zero-order chi connectivity index (χ0) is 16.2. The fourth-order valence-electron chi connectivity index (χ4n) is 2.35. The summed E-state index contributed by atoms with van der Waals surface area (Å²) in [4.78, 5) is 13.4. The van der Waals surface area contributed by atoms with Gasteiger partial charge in [0.15, 0.2) is 0 Å². The lowest BCUT2D eigenvalue weighted by Gasteiger charge is -2.33. The summed E-state index contributed by atoms with van der Waals surface area (Å²) in [5.74, 6) is -0.275. The van der Waals surface area contributed by atoms with Gasteiger partial charge in [0.2, 0.25) is 5.91 Å². The van der Waals surface area contributed by atoms with Gasteiger partial charge in [0.05, 0.1) is 18.7 Å². The van der Waals surface area contributed by atoms with Crippen molar-refractivity contribution in [2.75, 3.05) is 26.2 Å². The summed E-state index contributed by atoms with van der Waals surface area (Å²) in [6.07, 6.45) is -2.40. The number of hydrogen-bond donors (Lipinski definition) is 1. The Kier molecular flexibility index (Phi) is 5.20. The summed E-state index contributed by atoms with van der Waals surface area (Å²) >= 11 is 0. The number of halogens is 3. The predicted octanol–water partition coefficient (Wildman–Crippen LogP) is 2.12. The second-order valence-electron chi connectivity index (χ2n) is 4.87. The molecule has 1 saturated heterocycles. The molecule has 1 heterocycles. The minimum atomic E-state index is -4.45. The molecule has 0 bridgehead atoms. The predicted molar refractivity (Wildman–Crippen MR) is 74.9 cm³/mol. The molecule has 22 heavy (non-hydrogen) atoms. The van der Waals surface area contributed by atoms with Crippen molar-refractivity contribution in [3.8, 4) is 0 Å². The van der Waals surface area contributed by atoms with Crippen LogP contribution >= 0.6 is 0 Å². The summed E-state index contributed by atoms with van der Waals surface area (Å²) in [6.45, 7) is 0.856. The van der Waals surface area contributed by atoms with Gasteiger partial charge in [-0.3, -0.25) is 4.79 Å². The third kappa shape index (κ3) is 3.86. The molecule has 0 spiro atoms. The number of nitrogens with zero attached hydrogens (tertiary/aromatic N) is 1. The lowest BCUT2D eigenvalue weighted by molar-refractivity contribution is -0.141. The van der Waals surface area contributed by atoms with Crippen molar-refractivity contribution in [3.05, 3.63) is 47.5 Å². The van der Waals surface area contributed by atoms with Gasteiger partial charge in [0, 0.05) is 19.2 Å². The molecule has 1 fully saturated rings. The standard InChI is InChI=1S/C15H17F3N2O2/c16-15(17,18)12-5-2-1-4-11(12)13-10-20(8-9-22-13)14(21)6-3-7-19/h1-6,13H,7-10,19H2/b6-3+. The van der Waals surface area contributed by atoms with Gasteiger partial charge in [0.25, 0.3) is 0 Å². The number of carbonyl (C=O) groups excluding carboxylic acids is 1. The first-order chi connectivity index (χ1) is 10.4. The van der Waals surface area contributed by atoms with Crippen molar-refractivity contribution < 1.29 is 22.7 Å². The Bertz CT molecular complexity index is 558. The number of nitrogens with two attached hydrogens (primary N) is 1. The van der Waals surface area contributed by atoms with Gasteiger partial charge in [0.1, 0.15) is 6.10 Å². The second-order valence-corrected chi connectivity index (χ2v) is 4.87. The molecule has 0 radical (unpaired) electrons. The molecule has 120 valence electrons.